The Labute approximate surface area is 84.4 Å². The third-order valence-corrected chi connectivity index (χ3v) is 2.95. The van der Waals surface area contributed by atoms with Crippen LogP contribution in [0.15, 0.2) is 17.5 Å². The van der Waals surface area contributed by atoms with Crippen molar-refractivity contribution in [3.05, 3.63) is 28.9 Å². The fraction of sp³-hybridized carbons (Fsp3) is 0.100. The number of nitrogen functional groups attached to an aromatic ring is 1. The average molecular weight is 206 g/mol. The van der Waals surface area contributed by atoms with Crippen molar-refractivity contribution in [1.82, 2.24) is 0 Å². The molecule has 0 fully saturated rings. The van der Waals surface area contributed by atoms with Gasteiger partial charge in [0.15, 0.2) is 0 Å². The van der Waals surface area contributed by atoms with E-state index in [1.165, 1.54) is 17.4 Å². The number of nitrogens with zero attached hydrogens (tertiary/aromatic N) is 1. The maximum Gasteiger partial charge on any atom is 0.134 e. The molecule has 2 aromatic rings. The smallest absolute Gasteiger partial charge is 0.134 e. The van der Waals surface area contributed by atoms with Crippen molar-refractivity contribution in [2.24, 2.45) is 0 Å². The lowest BCUT2D eigenvalue weighted by atomic mass is 10.1. The Balaban J connectivity index is 2.69. The van der Waals surface area contributed by atoms with Gasteiger partial charge in [0.2, 0.25) is 0 Å². The van der Waals surface area contributed by atoms with Gasteiger partial charge in [-0.15, -0.1) is 11.3 Å². The lowest BCUT2D eigenvalue weighted by molar-refractivity contribution is 0.639. The summed E-state index contributed by atoms with van der Waals surface area (Å²) >= 11 is 1.39. The van der Waals surface area contributed by atoms with Crippen molar-refractivity contribution in [2.75, 3.05) is 5.73 Å². The summed E-state index contributed by atoms with van der Waals surface area (Å²) in [6.45, 7) is 0. The molecule has 2 N–H and O–H groups in total. The molecule has 0 bridgehead atoms. The van der Waals surface area contributed by atoms with Crippen molar-refractivity contribution < 1.29 is 4.39 Å². The summed E-state index contributed by atoms with van der Waals surface area (Å²) < 4.78 is 14.3. The minimum atomic E-state index is -0.341. The number of nitriles is 1. The molecule has 4 heteroatoms. The van der Waals surface area contributed by atoms with Gasteiger partial charge in [0, 0.05) is 10.1 Å². The highest BCUT2D eigenvalue weighted by atomic mass is 32.1. The first-order valence-electron chi connectivity index (χ1n) is 4.04. The largest absolute Gasteiger partial charge is 0.397 e. The molecule has 0 atom stereocenters. The van der Waals surface area contributed by atoms with E-state index >= 15 is 0 Å². The van der Waals surface area contributed by atoms with Crippen molar-refractivity contribution in [3.63, 3.8) is 0 Å². The number of nitrogens with two attached hydrogens (primary N) is 1. The van der Waals surface area contributed by atoms with Gasteiger partial charge in [-0.1, -0.05) is 0 Å². The van der Waals surface area contributed by atoms with Crippen LogP contribution in [0.5, 0.6) is 0 Å². The fourth-order valence-corrected chi connectivity index (χ4v) is 2.31. The van der Waals surface area contributed by atoms with E-state index in [0.717, 1.165) is 4.70 Å². The first kappa shape index (κ1) is 8.97. The lowest BCUT2D eigenvalue weighted by Gasteiger charge is -1.98. The summed E-state index contributed by atoms with van der Waals surface area (Å²) in [6.07, 6.45) is 0.227. The van der Waals surface area contributed by atoms with Crippen LogP contribution in [0, 0.1) is 17.1 Å². The fourth-order valence-electron chi connectivity index (χ4n) is 1.39. The molecule has 0 aliphatic rings. The molecule has 14 heavy (non-hydrogen) atoms. The Bertz CT molecular complexity index is 525. The van der Waals surface area contributed by atoms with Gasteiger partial charge in [-0.25, -0.2) is 4.39 Å². The predicted molar refractivity (Wildman–Crippen MR) is 55.5 cm³/mol. The van der Waals surface area contributed by atoms with Crippen LogP contribution in [-0.4, -0.2) is 0 Å². The van der Waals surface area contributed by atoms with Crippen LogP contribution in [0.3, 0.4) is 0 Å². The molecule has 0 saturated carbocycles. The zero-order valence-electron chi connectivity index (χ0n) is 7.25. The van der Waals surface area contributed by atoms with Crippen molar-refractivity contribution >= 4 is 27.1 Å². The summed E-state index contributed by atoms with van der Waals surface area (Å²) in [5.74, 6) is -0.341. The van der Waals surface area contributed by atoms with Gasteiger partial charge in [0.25, 0.3) is 0 Å². The van der Waals surface area contributed by atoms with E-state index in [1.54, 1.807) is 5.38 Å². The maximum atomic E-state index is 13.5. The number of thiophene rings is 1. The summed E-state index contributed by atoms with van der Waals surface area (Å²) in [4.78, 5) is 0. The molecular weight excluding hydrogens is 199 g/mol. The van der Waals surface area contributed by atoms with E-state index in [4.69, 9.17) is 11.0 Å². The highest BCUT2D eigenvalue weighted by Crippen LogP contribution is 2.31. The molecule has 0 saturated heterocycles. The molecule has 0 spiro atoms. The molecule has 0 radical (unpaired) electrons. The molecule has 2 nitrogen and oxygen atoms in total. The number of anilines is 1. The number of hydrogen-bond acceptors (Lipinski definition) is 3. The van der Waals surface area contributed by atoms with Crippen LogP contribution in [-0.2, 0) is 6.42 Å². The summed E-state index contributed by atoms with van der Waals surface area (Å²) in [7, 11) is 0. The Kier molecular flexibility index (Phi) is 2.10. The Morgan fingerprint density at radius 1 is 1.50 bits per heavy atom. The highest BCUT2D eigenvalue weighted by molar-refractivity contribution is 7.17. The van der Waals surface area contributed by atoms with Crippen molar-refractivity contribution in [3.8, 4) is 6.07 Å². The van der Waals surface area contributed by atoms with E-state index in [0.29, 0.717) is 16.6 Å². The predicted octanol–water partition coefficient (Wildman–Crippen LogP) is 2.69. The molecule has 0 amide bonds. The van der Waals surface area contributed by atoms with Crippen molar-refractivity contribution in [2.45, 2.75) is 6.42 Å². The van der Waals surface area contributed by atoms with Crippen molar-refractivity contribution in [1.29, 1.82) is 5.26 Å². The molecule has 0 unspecified atom stereocenters. The molecule has 1 heterocycles. The lowest BCUT2D eigenvalue weighted by Crippen LogP contribution is -1.87. The minimum absolute atomic E-state index is 0.227. The van der Waals surface area contributed by atoms with Crippen LogP contribution >= 0.6 is 11.3 Å². The molecule has 1 aromatic heterocycles. The van der Waals surface area contributed by atoms with Crippen LogP contribution < -0.4 is 5.73 Å². The SMILES string of the molecule is N#CCc1cc(F)c2c(N)csc2c1. The zero-order chi connectivity index (χ0) is 10.1. The first-order chi connectivity index (χ1) is 6.72. The summed E-state index contributed by atoms with van der Waals surface area (Å²) in [5, 5.41) is 10.7. The van der Waals surface area contributed by atoms with E-state index in [-0.39, 0.29) is 12.2 Å². The van der Waals surface area contributed by atoms with Gasteiger partial charge in [0.05, 0.1) is 23.6 Å². The van der Waals surface area contributed by atoms with Crippen LogP contribution in [0.2, 0.25) is 0 Å². The van der Waals surface area contributed by atoms with Crippen LogP contribution in [0.4, 0.5) is 10.1 Å². The van der Waals surface area contributed by atoms with Gasteiger partial charge in [-0.2, -0.15) is 5.26 Å². The maximum absolute atomic E-state index is 13.5. The van der Waals surface area contributed by atoms with Gasteiger partial charge >= 0.3 is 0 Å². The average Bonchev–Trinajstić information content (AvgIpc) is 2.48. The van der Waals surface area contributed by atoms with E-state index in [1.807, 2.05) is 12.1 Å². The normalized spacial score (nSPS) is 10.3. The number of rotatable bonds is 1. The third kappa shape index (κ3) is 1.32. The highest BCUT2D eigenvalue weighted by Gasteiger charge is 2.08. The molecule has 0 aliphatic carbocycles. The number of fused-ring (bicyclic) bond motifs is 1. The molecule has 0 aliphatic heterocycles. The Hall–Kier alpha value is -1.60. The summed E-state index contributed by atoms with van der Waals surface area (Å²) in [5.41, 5.74) is 6.76. The number of halogens is 1. The second-order valence-corrected chi connectivity index (χ2v) is 3.89. The number of hydrogen-bond donors (Lipinski definition) is 1. The van der Waals surface area contributed by atoms with Crippen LogP contribution in [0.1, 0.15) is 5.56 Å². The standard InChI is InChI=1S/C10H7FN2S/c11-7-3-6(1-2-12)4-9-10(7)8(13)5-14-9/h3-5H,1,13H2. The van der Waals surface area contributed by atoms with E-state index in [9.17, 15) is 4.39 Å². The van der Waals surface area contributed by atoms with Gasteiger partial charge in [0.1, 0.15) is 5.82 Å². The quantitative estimate of drug-likeness (QED) is 0.779. The first-order valence-corrected chi connectivity index (χ1v) is 4.92. The molecular formula is C10H7FN2S. The minimum Gasteiger partial charge on any atom is -0.397 e. The second kappa shape index (κ2) is 3.28. The van der Waals surface area contributed by atoms with E-state index in [2.05, 4.69) is 0 Å². The Morgan fingerprint density at radius 3 is 3.00 bits per heavy atom. The summed E-state index contributed by atoms with van der Waals surface area (Å²) in [6, 6.07) is 5.17. The second-order valence-electron chi connectivity index (χ2n) is 2.98. The van der Waals surface area contributed by atoms with Gasteiger partial charge in [-0.05, 0) is 17.7 Å². The topological polar surface area (TPSA) is 49.8 Å². The monoisotopic (exact) mass is 206 g/mol. The van der Waals surface area contributed by atoms with Gasteiger partial charge in [-0.3, -0.25) is 0 Å². The zero-order valence-corrected chi connectivity index (χ0v) is 8.07. The number of benzene rings is 1. The Morgan fingerprint density at radius 2 is 2.29 bits per heavy atom. The van der Waals surface area contributed by atoms with Crippen LogP contribution in [0.25, 0.3) is 10.1 Å². The third-order valence-electron chi connectivity index (χ3n) is 2.00. The molecule has 70 valence electrons. The van der Waals surface area contributed by atoms with E-state index < -0.39 is 0 Å². The molecule has 2 rings (SSSR count). The molecule has 1 aromatic carbocycles. The van der Waals surface area contributed by atoms with Gasteiger partial charge < -0.3 is 5.73 Å².